The highest BCUT2D eigenvalue weighted by Crippen LogP contribution is 2.06. The predicted molar refractivity (Wildman–Crippen MR) is 55.5 cm³/mol. The molecule has 0 atom stereocenters. The van der Waals surface area contributed by atoms with E-state index in [0.717, 1.165) is 32.6 Å². The van der Waals surface area contributed by atoms with Crippen molar-refractivity contribution in [2.75, 3.05) is 26.2 Å². The molecule has 1 aliphatic heterocycles. The number of carbonyl (C=O) groups excluding carboxylic acids is 1. The summed E-state index contributed by atoms with van der Waals surface area (Å²) in [6.45, 7) is 3.51. The molecule has 1 aromatic rings. The summed E-state index contributed by atoms with van der Waals surface area (Å²) in [6.07, 6.45) is 1.02. The topological polar surface area (TPSA) is 45.2 Å². The maximum Gasteiger partial charge on any atom is 0.273 e. The summed E-state index contributed by atoms with van der Waals surface area (Å²) in [5, 5.41) is 5.07. The van der Waals surface area contributed by atoms with E-state index in [1.54, 1.807) is 10.9 Å². The molecule has 76 valence electrons. The highest BCUT2D eigenvalue weighted by molar-refractivity contribution is 7.07. The third-order valence-corrected chi connectivity index (χ3v) is 2.87. The highest BCUT2D eigenvalue weighted by Gasteiger charge is 2.17. The molecule has 1 amide bonds. The van der Waals surface area contributed by atoms with Gasteiger partial charge in [0.25, 0.3) is 5.91 Å². The Hall–Kier alpha value is -0.940. The van der Waals surface area contributed by atoms with Crippen molar-refractivity contribution in [3.63, 3.8) is 0 Å². The predicted octanol–water partition coefficient (Wildman–Crippen LogP) is 0.579. The van der Waals surface area contributed by atoms with Crippen LogP contribution in [0.4, 0.5) is 0 Å². The zero-order valence-corrected chi connectivity index (χ0v) is 8.72. The van der Waals surface area contributed by atoms with Crippen LogP contribution in [0.3, 0.4) is 0 Å². The molecule has 1 aromatic heterocycles. The Balaban J connectivity index is 2.03. The summed E-state index contributed by atoms with van der Waals surface area (Å²) in [5.74, 6) is 0.0648. The van der Waals surface area contributed by atoms with Gasteiger partial charge in [0, 0.05) is 25.0 Å². The van der Waals surface area contributed by atoms with Crippen molar-refractivity contribution < 1.29 is 4.79 Å². The molecule has 0 radical (unpaired) electrons. The van der Waals surface area contributed by atoms with Crippen molar-refractivity contribution in [3.05, 3.63) is 16.6 Å². The van der Waals surface area contributed by atoms with Gasteiger partial charge < -0.3 is 10.2 Å². The van der Waals surface area contributed by atoms with Crippen LogP contribution in [-0.4, -0.2) is 42.0 Å². The van der Waals surface area contributed by atoms with Gasteiger partial charge in [0.15, 0.2) is 0 Å². The molecular formula is C9H13N3OS. The van der Waals surface area contributed by atoms with Crippen LogP contribution in [0.5, 0.6) is 0 Å². The smallest absolute Gasteiger partial charge is 0.273 e. The van der Waals surface area contributed by atoms with Crippen molar-refractivity contribution in [2.24, 2.45) is 0 Å². The fourth-order valence-electron chi connectivity index (χ4n) is 1.53. The van der Waals surface area contributed by atoms with Crippen LogP contribution in [0.25, 0.3) is 0 Å². The Morgan fingerprint density at radius 3 is 3.21 bits per heavy atom. The lowest BCUT2D eigenvalue weighted by atomic mass is 10.3. The third kappa shape index (κ3) is 2.10. The molecule has 1 fully saturated rings. The summed E-state index contributed by atoms with van der Waals surface area (Å²) >= 11 is 1.46. The van der Waals surface area contributed by atoms with Gasteiger partial charge in [0.05, 0.1) is 5.51 Å². The first kappa shape index (κ1) is 9.61. The summed E-state index contributed by atoms with van der Waals surface area (Å²) in [4.78, 5) is 17.8. The molecule has 1 saturated heterocycles. The van der Waals surface area contributed by atoms with Crippen LogP contribution in [0.1, 0.15) is 16.9 Å². The van der Waals surface area contributed by atoms with Crippen LogP contribution in [-0.2, 0) is 0 Å². The van der Waals surface area contributed by atoms with Crippen molar-refractivity contribution in [2.45, 2.75) is 6.42 Å². The van der Waals surface area contributed by atoms with E-state index in [1.165, 1.54) is 11.3 Å². The normalized spacial score (nSPS) is 17.9. The zero-order valence-electron chi connectivity index (χ0n) is 7.90. The van der Waals surface area contributed by atoms with Crippen LogP contribution in [0.15, 0.2) is 10.9 Å². The molecular weight excluding hydrogens is 198 g/mol. The molecule has 5 heteroatoms. The van der Waals surface area contributed by atoms with Crippen LogP contribution >= 0.6 is 11.3 Å². The molecule has 4 nitrogen and oxygen atoms in total. The average molecular weight is 211 g/mol. The summed E-state index contributed by atoms with van der Waals surface area (Å²) in [5.41, 5.74) is 2.28. The quantitative estimate of drug-likeness (QED) is 0.739. The molecule has 0 aliphatic carbocycles. The van der Waals surface area contributed by atoms with Gasteiger partial charge in [-0.15, -0.1) is 11.3 Å². The number of nitrogens with zero attached hydrogens (tertiary/aromatic N) is 2. The summed E-state index contributed by atoms with van der Waals surface area (Å²) < 4.78 is 0. The van der Waals surface area contributed by atoms with E-state index in [0.29, 0.717) is 5.69 Å². The first-order valence-electron chi connectivity index (χ1n) is 4.76. The van der Waals surface area contributed by atoms with Gasteiger partial charge in [-0.1, -0.05) is 0 Å². The zero-order chi connectivity index (χ0) is 9.80. The van der Waals surface area contributed by atoms with Gasteiger partial charge in [-0.2, -0.15) is 0 Å². The third-order valence-electron chi connectivity index (χ3n) is 2.28. The molecule has 0 spiro atoms. The van der Waals surface area contributed by atoms with E-state index in [-0.39, 0.29) is 5.91 Å². The van der Waals surface area contributed by atoms with E-state index in [9.17, 15) is 4.79 Å². The Kier molecular flexibility index (Phi) is 3.10. The number of hydrogen-bond acceptors (Lipinski definition) is 4. The summed E-state index contributed by atoms with van der Waals surface area (Å²) in [6, 6.07) is 0. The lowest BCUT2D eigenvalue weighted by Crippen LogP contribution is -2.34. The van der Waals surface area contributed by atoms with Gasteiger partial charge in [0.1, 0.15) is 5.69 Å². The van der Waals surface area contributed by atoms with E-state index in [4.69, 9.17) is 0 Å². The Labute approximate surface area is 86.9 Å². The lowest BCUT2D eigenvalue weighted by molar-refractivity contribution is 0.0761. The van der Waals surface area contributed by atoms with E-state index in [1.807, 2.05) is 4.90 Å². The van der Waals surface area contributed by atoms with Crippen molar-refractivity contribution >= 4 is 17.2 Å². The fourth-order valence-corrected chi connectivity index (χ4v) is 2.05. The number of nitrogens with one attached hydrogen (secondary N) is 1. The lowest BCUT2D eigenvalue weighted by Gasteiger charge is -2.18. The molecule has 2 heterocycles. The molecule has 0 aromatic carbocycles. The van der Waals surface area contributed by atoms with E-state index in [2.05, 4.69) is 10.3 Å². The minimum atomic E-state index is 0.0648. The van der Waals surface area contributed by atoms with Gasteiger partial charge in [-0.3, -0.25) is 4.79 Å². The van der Waals surface area contributed by atoms with Gasteiger partial charge in [-0.05, 0) is 13.0 Å². The van der Waals surface area contributed by atoms with Crippen molar-refractivity contribution in [1.82, 2.24) is 15.2 Å². The van der Waals surface area contributed by atoms with Gasteiger partial charge in [-0.25, -0.2) is 4.98 Å². The minimum absolute atomic E-state index is 0.0648. The number of amides is 1. The first-order chi connectivity index (χ1) is 6.88. The maximum absolute atomic E-state index is 11.9. The number of rotatable bonds is 1. The number of carbonyl (C=O) groups is 1. The Morgan fingerprint density at radius 1 is 1.50 bits per heavy atom. The van der Waals surface area contributed by atoms with E-state index < -0.39 is 0 Å². The monoisotopic (exact) mass is 211 g/mol. The number of aromatic nitrogens is 1. The van der Waals surface area contributed by atoms with Crippen LogP contribution < -0.4 is 5.32 Å². The van der Waals surface area contributed by atoms with Gasteiger partial charge in [0.2, 0.25) is 0 Å². The molecule has 1 N–H and O–H groups in total. The Bertz CT molecular complexity index is 291. The standard InChI is InChI=1S/C9H13N3OS/c13-9(8-6-14-7-11-8)12-4-1-2-10-3-5-12/h6-7,10H,1-5H2. The molecule has 2 rings (SSSR count). The summed E-state index contributed by atoms with van der Waals surface area (Å²) in [7, 11) is 0. The SMILES string of the molecule is O=C(c1cscn1)N1CCCNCC1. The second kappa shape index (κ2) is 4.52. The first-order valence-corrected chi connectivity index (χ1v) is 5.70. The van der Waals surface area contributed by atoms with Crippen LogP contribution in [0.2, 0.25) is 0 Å². The largest absolute Gasteiger partial charge is 0.336 e. The minimum Gasteiger partial charge on any atom is -0.336 e. The molecule has 1 aliphatic rings. The molecule has 0 unspecified atom stereocenters. The maximum atomic E-state index is 11.9. The van der Waals surface area contributed by atoms with Crippen molar-refractivity contribution in [3.8, 4) is 0 Å². The van der Waals surface area contributed by atoms with Gasteiger partial charge >= 0.3 is 0 Å². The average Bonchev–Trinajstić information content (AvgIpc) is 2.59. The molecule has 0 bridgehead atoms. The molecule has 14 heavy (non-hydrogen) atoms. The number of thiazole rings is 1. The number of hydrogen-bond donors (Lipinski definition) is 1. The second-order valence-corrected chi connectivity index (χ2v) is 3.99. The Morgan fingerprint density at radius 2 is 2.43 bits per heavy atom. The van der Waals surface area contributed by atoms with Crippen LogP contribution in [0, 0.1) is 0 Å². The fraction of sp³-hybridized carbons (Fsp3) is 0.556. The molecule has 0 saturated carbocycles. The van der Waals surface area contributed by atoms with Crippen molar-refractivity contribution in [1.29, 1.82) is 0 Å². The van der Waals surface area contributed by atoms with E-state index >= 15 is 0 Å². The highest BCUT2D eigenvalue weighted by atomic mass is 32.1. The second-order valence-electron chi connectivity index (χ2n) is 3.27.